The lowest BCUT2D eigenvalue weighted by molar-refractivity contribution is 0.0127. The summed E-state index contributed by atoms with van der Waals surface area (Å²) in [6, 6.07) is 3.57. The van der Waals surface area contributed by atoms with Gasteiger partial charge in [0.05, 0.1) is 24.0 Å². The second-order valence-corrected chi connectivity index (χ2v) is 9.85. The number of carbonyl (C=O) groups excluding carboxylic acids is 2. The number of carbonyl (C=O) groups is 1. The Bertz CT molecular complexity index is 1080. The first kappa shape index (κ1) is 23.9. The van der Waals surface area contributed by atoms with Gasteiger partial charge in [-0.2, -0.15) is 5.10 Å². The molecule has 2 fully saturated rings. The molecule has 0 bridgehead atoms. The Labute approximate surface area is 198 Å². The highest BCUT2D eigenvalue weighted by Gasteiger charge is 2.45. The van der Waals surface area contributed by atoms with Crippen LogP contribution in [0.4, 0.5) is 9.18 Å². The van der Waals surface area contributed by atoms with E-state index in [0.717, 1.165) is 11.8 Å². The molecule has 0 aliphatic carbocycles. The fraction of sp³-hybridized carbons (Fsp3) is 0.542. The van der Waals surface area contributed by atoms with Crippen molar-refractivity contribution in [2.24, 2.45) is 0 Å². The summed E-state index contributed by atoms with van der Waals surface area (Å²) in [4.78, 5) is 32.9. The van der Waals surface area contributed by atoms with E-state index < -0.39 is 17.0 Å². The third kappa shape index (κ3) is 4.83. The van der Waals surface area contributed by atoms with E-state index in [1.165, 1.54) is 10.9 Å². The molecule has 9 nitrogen and oxygen atoms in total. The van der Waals surface area contributed by atoms with Gasteiger partial charge in [-0.25, -0.2) is 23.6 Å². The van der Waals surface area contributed by atoms with Crippen LogP contribution < -0.4 is 5.32 Å². The summed E-state index contributed by atoms with van der Waals surface area (Å²) < 4.78 is 20.1. The Morgan fingerprint density at radius 3 is 2.53 bits per heavy atom. The molecule has 4 heterocycles. The summed E-state index contributed by atoms with van der Waals surface area (Å²) in [7, 11) is 0. The molecular weight excluding hydrogens is 439 g/mol. The Hall–Kier alpha value is -3.23. The first-order chi connectivity index (χ1) is 16.1. The van der Waals surface area contributed by atoms with Crippen molar-refractivity contribution in [3.63, 3.8) is 0 Å². The molecule has 1 unspecified atom stereocenters. The Morgan fingerprint density at radius 1 is 1.24 bits per heavy atom. The van der Waals surface area contributed by atoms with Gasteiger partial charge in [0.25, 0.3) is 0 Å². The van der Waals surface area contributed by atoms with E-state index in [1.807, 2.05) is 33.8 Å². The summed E-state index contributed by atoms with van der Waals surface area (Å²) in [5.74, 6) is 2.29. The molecule has 2 saturated heterocycles. The van der Waals surface area contributed by atoms with Gasteiger partial charge in [-0.15, -0.1) is 0 Å². The molecule has 10 heteroatoms. The van der Waals surface area contributed by atoms with Crippen LogP contribution in [0.25, 0.3) is 5.82 Å². The number of pyridine rings is 1. The van der Waals surface area contributed by atoms with Crippen LogP contribution >= 0.6 is 0 Å². The minimum Gasteiger partial charge on any atom is -0.444 e. The van der Waals surface area contributed by atoms with E-state index in [0.29, 0.717) is 50.5 Å². The van der Waals surface area contributed by atoms with Gasteiger partial charge < -0.3 is 19.9 Å². The van der Waals surface area contributed by atoms with Crippen molar-refractivity contribution in [2.45, 2.75) is 57.7 Å². The second kappa shape index (κ2) is 9.19. The molecule has 1 spiro atoms. The quantitative estimate of drug-likeness (QED) is 0.690. The van der Waals surface area contributed by atoms with E-state index in [4.69, 9.17) is 4.74 Å². The Kier molecular flexibility index (Phi) is 6.47. The summed E-state index contributed by atoms with van der Waals surface area (Å²) in [5, 5.41) is 7.47. The number of nitrogens with one attached hydrogen (secondary N) is 1. The van der Waals surface area contributed by atoms with Gasteiger partial charge in [0.2, 0.25) is 0 Å². The monoisotopic (exact) mass is 470 g/mol. The van der Waals surface area contributed by atoms with Crippen molar-refractivity contribution >= 4 is 12.0 Å². The average molecular weight is 471 g/mol. The number of piperazine rings is 1. The van der Waals surface area contributed by atoms with Gasteiger partial charge in [-0.1, -0.05) is 6.07 Å². The highest BCUT2D eigenvalue weighted by atomic mass is 19.1. The smallest absolute Gasteiger partial charge is 0.410 e. The molecule has 2 aliphatic heterocycles. The molecule has 0 saturated carbocycles. The summed E-state index contributed by atoms with van der Waals surface area (Å²) in [6.45, 7) is 9.91. The second-order valence-electron chi connectivity index (χ2n) is 9.85. The predicted molar refractivity (Wildman–Crippen MR) is 123 cm³/mol. The number of halogens is 1. The van der Waals surface area contributed by atoms with Crippen LogP contribution in [0.3, 0.4) is 0 Å². The molecule has 0 aromatic carbocycles. The van der Waals surface area contributed by atoms with Crippen molar-refractivity contribution < 1.29 is 18.7 Å². The molecule has 4 rings (SSSR count). The van der Waals surface area contributed by atoms with Crippen molar-refractivity contribution in [3.05, 3.63) is 47.8 Å². The molecule has 1 N–H and O–H groups in total. The van der Waals surface area contributed by atoms with Crippen molar-refractivity contribution in [3.8, 4) is 5.82 Å². The van der Waals surface area contributed by atoms with Crippen LogP contribution in [0.5, 0.6) is 0 Å². The number of rotatable bonds is 3. The number of hydrogen-bond donors (Lipinski definition) is 1. The van der Waals surface area contributed by atoms with E-state index in [9.17, 15) is 14.0 Å². The normalized spacial score (nSPS) is 19.1. The molecule has 34 heavy (non-hydrogen) atoms. The minimum atomic E-state index is -0.551. The maximum Gasteiger partial charge on any atom is 0.410 e. The van der Waals surface area contributed by atoms with Crippen LogP contribution in [0.15, 0.2) is 36.4 Å². The maximum atomic E-state index is 13.3. The van der Waals surface area contributed by atoms with Crippen molar-refractivity contribution in [1.82, 2.24) is 29.9 Å². The van der Waals surface area contributed by atoms with Gasteiger partial charge in [-0.05, 0) is 52.2 Å². The van der Waals surface area contributed by atoms with E-state index in [2.05, 4.69) is 26.2 Å². The van der Waals surface area contributed by atoms with E-state index >= 15 is 0 Å². The lowest BCUT2D eigenvalue weighted by atomic mass is 9.81. The standard InChI is InChI=1S/C24H31FN6O3/c1-17(18-5-6-21(26-13-18)31-15-19(25)14-28-31)30-12-9-27-24(20(30)16-32)7-10-29(11-8-24)22(33)34-23(2,3)4/h5-6,13-15,17,27H,7-12H2,1-4H3. The largest absolute Gasteiger partial charge is 0.444 e. The summed E-state index contributed by atoms with van der Waals surface area (Å²) >= 11 is 0. The van der Waals surface area contributed by atoms with Gasteiger partial charge in [0.1, 0.15) is 17.2 Å². The predicted octanol–water partition coefficient (Wildman–Crippen LogP) is 2.86. The molecule has 2 aliphatic rings. The van der Waals surface area contributed by atoms with Crippen LogP contribution in [0, 0.1) is 5.82 Å². The highest BCUT2D eigenvalue weighted by Crippen LogP contribution is 2.37. The van der Waals surface area contributed by atoms with Crippen LogP contribution in [-0.2, 0) is 9.53 Å². The van der Waals surface area contributed by atoms with Crippen molar-refractivity contribution in [2.75, 3.05) is 26.2 Å². The lowest BCUT2D eigenvalue weighted by Crippen LogP contribution is -2.63. The zero-order valence-corrected chi connectivity index (χ0v) is 20.0. The zero-order chi connectivity index (χ0) is 24.5. The van der Waals surface area contributed by atoms with Gasteiger partial charge >= 0.3 is 6.09 Å². The molecule has 1 amide bonds. The van der Waals surface area contributed by atoms with E-state index in [-0.39, 0.29) is 12.1 Å². The molecule has 182 valence electrons. The average Bonchev–Trinajstić information content (AvgIpc) is 3.24. The van der Waals surface area contributed by atoms with Crippen LogP contribution in [-0.4, -0.2) is 73.9 Å². The molecule has 2 aromatic heterocycles. The van der Waals surface area contributed by atoms with Gasteiger partial charge in [0, 0.05) is 32.4 Å². The third-order valence-corrected chi connectivity index (χ3v) is 6.43. The molecule has 1 atom stereocenters. The highest BCUT2D eigenvalue weighted by molar-refractivity contribution is 5.68. The number of amides is 1. The van der Waals surface area contributed by atoms with Gasteiger partial charge in [0.15, 0.2) is 11.6 Å². The lowest BCUT2D eigenvalue weighted by Gasteiger charge is -2.50. The fourth-order valence-corrected chi connectivity index (χ4v) is 4.63. The summed E-state index contributed by atoms with van der Waals surface area (Å²) in [6.07, 6.45) is 4.99. The Balaban J connectivity index is 1.47. The number of likely N-dealkylation sites (tertiary alicyclic amines) is 1. The molecular formula is C24H31FN6O3. The van der Waals surface area contributed by atoms with E-state index in [1.54, 1.807) is 17.2 Å². The minimum absolute atomic E-state index is 0.116. The molecule has 0 radical (unpaired) electrons. The van der Waals surface area contributed by atoms with Crippen LogP contribution in [0.1, 0.15) is 52.1 Å². The van der Waals surface area contributed by atoms with Crippen molar-refractivity contribution in [1.29, 1.82) is 0 Å². The summed E-state index contributed by atoms with van der Waals surface area (Å²) in [5.41, 5.74) is 0.415. The topological polar surface area (TPSA) is 92.6 Å². The fourth-order valence-electron chi connectivity index (χ4n) is 4.63. The number of aromatic nitrogens is 3. The Morgan fingerprint density at radius 2 is 1.97 bits per heavy atom. The number of piperidine rings is 1. The van der Waals surface area contributed by atoms with Crippen LogP contribution in [0.2, 0.25) is 0 Å². The number of ether oxygens (including phenoxy) is 1. The SMILES string of the molecule is CC(c1ccc(-n2cc(F)cn2)nc1)N1CCNC2(CCN(C(=O)OC(C)(C)C)CC2)C1=C=O. The number of hydrogen-bond acceptors (Lipinski definition) is 7. The number of nitrogens with zero attached hydrogens (tertiary/aromatic N) is 5. The zero-order valence-electron chi connectivity index (χ0n) is 20.0. The first-order valence-electron chi connectivity index (χ1n) is 11.5. The van der Waals surface area contributed by atoms with Gasteiger partial charge in [-0.3, -0.25) is 0 Å². The maximum absolute atomic E-state index is 13.3. The third-order valence-electron chi connectivity index (χ3n) is 6.43. The molecule has 2 aromatic rings. The first-order valence-corrected chi connectivity index (χ1v) is 11.5.